The van der Waals surface area contributed by atoms with Gasteiger partial charge in [-0.3, -0.25) is 0 Å². The molecule has 1 aliphatic carbocycles. The summed E-state index contributed by atoms with van der Waals surface area (Å²) in [5, 5.41) is 24.6. The van der Waals surface area contributed by atoms with Gasteiger partial charge in [0, 0.05) is 17.1 Å². The van der Waals surface area contributed by atoms with Crippen LogP contribution in [0.5, 0.6) is 0 Å². The van der Waals surface area contributed by atoms with Gasteiger partial charge in [-0.25, -0.2) is 18.2 Å². The number of hydrogen-bond acceptors (Lipinski definition) is 7. The Bertz CT molecular complexity index is 1150. The van der Waals surface area contributed by atoms with Crippen molar-refractivity contribution in [3.05, 3.63) is 29.3 Å². The fourth-order valence-corrected chi connectivity index (χ4v) is 4.10. The Morgan fingerprint density at radius 1 is 1.21 bits per heavy atom. The van der Waals surface area contributed by atoms with Crippen molar-refractivity contribution < 1.29 is 22.7 Å². The van der Waals surface area contributed by atoms with E-state index < -0.39 is 25.2 Å². The number of nitrogens with one attached hydrogen (secondary N) is 2. The fourth-order valence-electron chi connectivity index (χ4n) is 4.10. The number of anilines is 2. The Morgan fingerprint density at radius 2 is 1.94 bits per heavy atom. The normalized spacial score (nSPS) is 20.8. The first-order valence-electron chi connectivity index (χ1n) is 10.8. The van der Waals surface area contributed by atoms with Crippen LogP contribution in [0, 0.1) is 6.92 Å². The molecule has 0 saturated heterocycles. The number of alkyl halides is 3. The second-order valence-corrected chi connectivity index (χ2v) is 9.79. The van der Waals surface area contributed by atoms with Crippen molar-refractivity contribution in [3.63, 3.8) is 0 Å². The Hall–Kier alpha value is -2.88. The predicted molar refractivity (Wildman–Crippen MR) is 121 cm³/mol. The number of aromatic nitrogens is 3. The van der Waals surface area contributed by atoms with Gasteiger partial charge in [0.2, 0.25) is 0 Å². The average Bonchev–Trinajstić information content (AvgIpc) is 3.18. The minimum atomic E-state index is -2.45. The van der Waals surface area contributed by atoms with E-state index >= 15 is 0 Å². The largest absolute Gasteiger partial charge is 0.402 e. The van der Waals surface area contributed by atoms with Crippen molar-refractivity contribution >= 4 is 22.6 Å². The molecule has 1 aliphatic rings. The summed E-state index contributed by atoms with van der Waals surface area (Å²) in [5.74, 6) is 0.224. The number of pyridine rings is 1. The quantitative estimate of drug-likeness (QED) is 0.461. The minimum Gasteiger partial charge on any atom is -0.402 e. The fraction of sp³-hybridized carbons (Fsp3) is 0.522. The molecule has 0 amide bonds. The third kappa shape index (κ3) is 4.90. The molecule has 33 heavy (non-hydrogen) atoms. The zero-order chi connectivity index (χ0) is 24.0. The van der Waals surface area contributed by atoms with Crippen LogP contribution in [0.2, 0.25) is 0 Å². The molecule has 1 aromatic carbocycles. The first-order chi connectivity index (χ1) is 15.5. The minimum absolute atomic E-state index is 0.142. The number of rotatable bonds is 7. The van der Waals surface area contributed by atoms with Gasteiger partial charge in [-0.05, 0) is 54.5 Å². The van der Waals surface area contributed by atoms with E-state index in [1.165, 1.54) is 0 Å². The third-order valence-corrected chi connectivity index (χ3v) is 5.86. The Labute approximate surface area is 189 Å². The molecular weight excluding hydrogens is 435 g/mol. The molecule has 0 radical (unpaired) electrons. The van der Waals surface area contributed by atoms with Crippen LogP contribution in [-0.4, -0.2) is 51.6 Å². The number of halogens is 3. The molecule has 3 N–H and O–H groups in total. The zero-order valence-corrected chi connectivity index (χ0v) is 19.0. The van der Waals surface area contributed by atoms with Gasteiger partial charge in [-0.1, -0.05) is 25.9 Å². The van der Waals surface area contributed by atoms with Crippen molar-refractivity contribution in [2.24, 2.45) is 0 Å². The summed E-state index contributed by atoms with van der Waals surface area (Å²) in [5.41, 5.74) is 2.07. The zero-order valence-electron chi connectivity index (χ0n) is 19.0. The van der Waals surface area contributed by atoms with Crippen LogP contribution in [0.25, 0.3) is 22.5 Å². The van der Waals surface area contributed by atoms with Crippen LogP contribution in [0.15, 0.2) is 22.6 Å². The molecule has 178 valence electrons. The van der Waals surface area contributed by atoms with Crippen LogP contribution < -0.4 is 10.6 Å². The number of benzene rings is 1. The first kappa shape index (κ1) is 23.3. The summed E-state index contributed by atoms with van der Waals surface area (Å²) < 4.78 is 43.9. The maximum Gasteiger partial charge on any atom is 0.316 e. The van der Waals surface area contributed by atoms with Crippen LogP contribution >= 0.6 is 0 Å². The van der Waals surface area contributed by atoms with Gasteiger partial charge in [0.15, 0.2) is 0 Å². The third-order valence-electron chi connectivity index (χ3n) is 5.86. The highest BCUT2D eigenvalue weighted by Crippen LogP contribution is 2.37. The summed E-state index contributed by atoms with van der Waals surface area (Å²) in [6.07, 6.45) is -1.91. The summed E-state index contributed by atoms with van der Waals surface area (Å²) in [4.78, 5) is 4.78. The highest BCUT2D eigenvalue weighted by molar-refractivity contribution is 5.90. The molecule has 1 fully saturated rings. The maximum absolute atomic E-state index is 12.8. The standard InChI is InChI=1S/C23H28F3N5O2/c1-12-5-17(20-30-31-21(33-20)28-14-8-23(32,9-14)11-24)29-19-15(12)6-13(27-10-18(25)26)7-16(19)22(2,3)4/h5-7,14,18,27,32H,8-11H2,1-4H3,(H,28,31). The lowest BCUT2D eigenvalue weighted by Crippen LogP contribution is -2.52. The van der Waals surface area contributed by atoms with Gasteiger partial charge < -0.3 is 20.2 Å². The van der Waals surface area contributed by atoms with E-state index in [4.69, 9.17) is 9.40 Å². The average molecular weight is 464 g/mol. The highest BCUT2D eigenvalue weighted by atomic mass is 19.3. The van der Waals surface area contributed by atoms with Gasteiger partial charge in [-0.2, -0.15) is 0 Å². The Kier molecular flexibility index (Phi) is 5.98. The number of aliphatic hydroxyl groups is 1. The molecule has 0 aliphatic heterocycles. The number of aryl methyl sites for hydroxylation is 1. The van der Waals surface area contributed by atoms with Crippen molar-refractivity contribution in [2.75, 3.05) is 23.9 Å². The number of fused-ring (bicyclic) bond motifs is 1. The molecule has 0 spiro atoms. The van der Waals surface area contributed by atoms with Crippen LogP contribution in [0.1, 0.15) is 44.7 Å². The second-order valence-electron chi connectivity index (χ2n) is 9.79. The highest BCUT2D eigenvalue weighted by Gasteiger charge is 2.43. The number of nitrogens with zero attached hydrogens (tertiary/aromatic N) is 3. The lowest BCUT2D eigenvalue weighted by molar-refractivity contribution is -0.0592. The Morgan fingerprint density at radius 3 is 2.58 bits per heavy atom. The van der Waals surface area contributed by atoms with E-state index in [1.54, 1.807) is 0 Å². The first-order valence-corrected chi connectivity index (χ1v) is 10.8. The van der Waals surface area contributed by atoms with Gasteiger partial charge in [0.25, 0.3) is 12.3 Å². The second kappa shape index (κ2) is 8.48. The van der Waals surface area contributed by atoms with E-state index in [0.717, 1.165) is 22.0 Å². The lowest BCUT2D eigenvalue weighted by atomic mass is 9.77. The van der Waals surface area contributed by atoms with Crippen LogP contribution in [-0.2, 0) is 5.41 Å². The predicted octanol–water partition coefficient (Wildman–Crippen LogP) is 4.84. The summed E-state index contributed by atoms with van der Waals surface area (Å²) in [7, 11) is 0. The van der Waals surface area contributed by atoms with Crippen LogP contribution in [0.3, 0.4) is 0 Å². The molecule has 1 saturated carbocycles. The molecule has 0 atom stereocenters. The molecule has 0 bridgehead atoms. The molecule has 2 aromatic heterocycles. The van der Waals surface area contributed by atoms with E-state index in [1.807, 2.05) is 45.9 Å². The lowest BCUT2D eigenvalue weighted by Gasteiger charge is -2.41. The monoisotopic (exact) mass is 463 g/mol. The Balaban J connectivity index is 1.66. The molecule has 10 heteroatoms. The van der Waals surface area contributed by atoms with E-state index in [9.17, 15) is 18.3 Å². The van der Waals surface area contributed by atoms with Gasteiger partial charge in [0.05, 0.1) is 17.7 Å². The summed E-state index contributed by atoms with van der Waals surface area (Å²) >= 11 is 0. The van der Waals surface area contributed by atoms with Crippen molar-refractivity contribution in [3.8, 4) is 11.6 Å². The number of hydrogen-bond donors (Lipinski definition) is 3. The van der Waals surface area contributed by atoms with Gasteiger partial charge in [0.1, 0.15) is 12.4 Å². The van der Waals surface area contributed by atoms with Crippen molar-refractivity contribution in [2.45, 2.75) is 64.0 Å². The SMILES string of the molecule is Cc1cc(-c2nnc(NC3CC(O)(CF)C3)o2)nc2c(C(C)(C)C)cc(NCC(F)F)cc12. The molecular formula is C23H28F3N5O2. The molecule has 0 unspecified atom stereocenters. The van der Waals surface area contributed by atoms with Gasteiger partial charge in [-0.15, -0.1) is 5.10 Å². The molecule has 7 nitrogen and oxygen atoms in total. The topological polar surface area (TPSA) is 96.1 Å². The van der Waals surface area contributed by atoms with Gasteiger partial charge >= 0.3 is 6.01 Å². The van der Waals surface area contributed by atoms with E-state index in [0.29, 0.717) is 11.4 Å². The van der Waals surface area contributed by atoms with Crippen LogP contribution in [0.4, 0.5) is 24.9 Å². The maximum atomic E-state index is 12.8. The molecule has 2 heterocycles. The summed E-state index contributed by atoms with van der Waals surface area (Å²) in [6.45, 7) is 6.81. The molecule has 3 aromatic rings. The van der Waals surface area contributed by atoms with Crippen molar-refractivity contribution in [1.82, 2.24) is 15.2 Å². The van der Waals surface area contributed by atoms with E-state index in [2.05, 4.69) is 20.8 Å². The van der Waals surface area contributed by atoms with Crippen molar-refractivity contribution in [1.29, 1.82) is 0 Å². The van der Waals surface area contributed by atoms with E-state index in [-0.39, 0.29) is 36.2 Å². The summed E-state index contributed by atoms with van der Waals surface area (Å²) in [6, 6.07) is 5.52. The molecule has 4 rings (SSSR count). The smallest absolute Gasteiger partial charge is 0.316 e.